The van der Waals surface area contributed by atoms with Crippen LogP contribution in [-0.4, -0.2) is 27.5 Å². The number of carbonyl (C=O) groups is 1. The van der Waals surface area contributed by atoms with Gasteiger partial charge in [0, 0.05) is 17.5 Å². The van der Waals surface area contributed by atoms with Crippen molar-refractivity contribution in [2.45, 2.75) is 67.9 Å². The lowest BCUT2D eigenvalue weighted by Crippen LogP contribution is -2.48. The average Bonchev–Trinajstić information content (AvgIpc) is 3.17. The molecule has 5 aliphatic rings. The van der Waals surface area contributed by atoms with Crippen molar-refractivity contribution in [3.63, 3.8) is 0 Å². The van der Waals surface area contributed by atoms with Crippen LogP contribution in [-0.2, 0) is 16.0 Å². The lowest BCUT2D eigenvalue weighted by Gasteiger charge is -2.56. The minimum absolute atomic E-state index is 0.0136. The lowest BCUT2D eigenvalue weighted by molar-refractivity contribution is -0.141. The fourth-order valence-electron chi connectivity index (χ4n) is 7.10. The quantitative estimate of drug-likeness (QED) is 0.581. The summed E-state index contributed by atoms with van der Waals surface area (Å²) >= 11 is 4.65. The minimum atomic E-state index is -1.75. The van der Waals surface area contributed by atoms with Crippen molar-refractivity contribution in [3.8, 4) is 5.75 Å². The second-order valence-electron chi connectivity index (χ2n) is 10.1. The number of carboxylic acids is 1. The molecule has 1 aromatic rings. The summed E-state index contributed by atoms with van der Waals surface area (Å²) in [5.41, 5.74) is 0.189. The first-order chi connectivity index (χ1) is 14.3. The van der Waals surface area contributed by atoms with Gasteiger partial charge in [0.25, 0.3) is 0 Å². The minimum Gasteiger partial charge on any atom is -0.611 e. The number of aliphatic carboxylic acids is 1. The molecule has 5 fully saturated rings. The van der Waals surface area contributed by atoms with Gasteiger partial charge >= 0.3 is 5.97 Å². The van der Waals surface area contributed by atoms with Crippen LogP contribution < -0.4 is 4.74 Å². The topological polar surface area (TPSA) is 69.6 Å². The molecule has 4 nitrogen and oxygen atoms in total. The smallest absolute Gasteiger partial charge is 0.311 e. The van der Waals surface area contributed by atoms with Crippen molar-refractivity contribution in [1.82, 2.24) is 0 Å². The molecular weight excluding hydrogens is 427 g/mol. The van der Waals surface area contributed by atoms with Crippen LogP contribution in [0.25, 0.3) is 0 Å². The summed E-state index contributed by atoms with van der Waals surface area (Å²) in [5.74, 6) is 0.436. The number of rotatable bonds is 6. The Morgan fingerprint density at radius 3 is 2.43 bits per heavy atom. The van der Waals surface area contributed by atoms with E-state index in [-0.39, 0.29) is 15.3 Å². The van der Waals surface area contributed by atoms with Crippen molar-refractivity contribution in [3.05, 3.63) is 23.0 Å². The number of benzene rings is 1. The van der Waals surface area contributed by atoms with Crippen LogP contribution in [0.3, 0.4) is 0 Å². The molecule has 7 heteroatoms. The SMILES string of the molecule is O=C(O)C1CCC[C@H]1[S+]([O-])c1cc(Cl)c(OCC23CC4CC(CC(C4)C2)C3)cc1F. The molecule has 0 heterocycles. The Hall–Kier alpha value is -0.980. The van der Waals surface area contributed by atoms with Gasteiger partial charge in [0.2, 0.25) is 0 Å². The van der Waals surface area contributed by atoms with Gasteiger partial charge in [0.1, 0.15) is 16.9 Å². The predicted molar refractivity (Wildman–Crippen MR) is 113 cm³/mol. The number of carboxylic acid groups (broad SMARTS) is 1. The third-order valence-corrected chi connectivity index (χ3v) is 10.1. The maximum Gasteiger partial charge on any atom is 0.311 e. The fourth-order valence-corrected chi connectivity index (χ4v) is 9.13. The van der Waals surface area contributed by atoms with E-state index in [1.54, 1.807) is 0 Å². The van der Waals surface area contributed by atoms with Gasteiger partial charge in [-0.3, -0.25) is 4.79 Å². The Bertz CT molecular complexity index is 811. The standard InChI is InChI=1S/C23H28ClFO4S/c24-17-7-21(30(28)20-3-1-2-16(20)22(26)27)18(25)8-19(17)29-12-23-9-13-4-14(10-23)6-15(5-13)11-23/h7-8,13-16,20H,1-6,9-12H2,(H,26,27)/t13?,14?,15?,16?,20-,23?,30?/m1/s1. The van der Waals surface area contributed by atoms with Gasteiger partial charge < -0.3 is 14.4 Å². The van der Waals surface area contributed by atoms with E-state index in [0.29, 0.717) is 31.6 Å². The predicted octanol–water partition coefficient (Wildman–Crippen LogP) is 5.44. The first-order valence-electron chi connectivity index (χ1n) is 11.1. The summed E-state index contributed by atoms with van der Waals surface area (Å²) < 4.78 is 33.9. The largest absolute Gasteiger partial charge is 0.611 e. The zero-order valence-electron chi connectivity index (χ0n) is 16.9. The van der Waals surface area contributed by atoms with Crippen LogP contribution in [0, 0.1) is 34.9 Å². The highest BCUT2D eigenvalue weighted by molar-refractivity contribution is 7.92. The molecule has 0 aliphatic heterocycles. The molecule has 1 aromatic carbocycles. The normalized spacial score (nSPS) is 38.0. The first kappa shape index (κ1) is 20.9. The number of halogens is 2. The molecule has 164 valence electrons. The van der Waals surface area contributed by atoms with E-state index in [1.807, 2.05) is 0 Å². The highest BCUT2D eigenvalue weighted by atomic mass is 35.5. The third-order valence-electron chi connectivity index (χ3n) is 7.95. The van der Waals surface area contributed by atoms with E-state index in [1.165, 1.54) is 50.7 Å². The summed E-state index contributed by atoms with van der Waals surface area (Å²) in [4.78, 5) is 11.4. The summed E-state index contributed by atoms with van der Waals surface area (Å²) in [5, 5.41) is 9.03. The number of ether oxygens (including phenoxy) is 1. The lowest BCUT2D eigenvalue weighted by atomic mass is 9.50. The van der Waals surface area contributed by atoms with Gasteiger partial charge in [-0.25, -0.2) is 4.39 Å². The molecule has 4 bridgehead atoms. The van der Waals surface area contributed by atoms with Crippen LogP contribution in [0.2, 0.25) is 5.02 Å². The number of hydrogen-bond acceptors (Lipinski definition) is 3. The van der Waals surface area contributed by atoms with Crippen LogP contribution in [0.5, 0.6) is 5.75 Å². The fraction of sp³-hybridized carbons (Fsp3) is 0.696. The van der Waals surface area contributed by atoms with Crippen LogP contribution in [0.4, 0.5) is 4.39 Å². The molecular formula is C23H28ClFO4S. The van der Waals surface area contributed by atoms with Gasteiger partial charge in [0.15, 0.2) is 10.7 Å². The molecule has 0 amide bonds. The number of hydrogen-bond donors (Lipinski definition) is 1. The summed E-state index contributed by atoms with van der Waals surface area (Å²) in [6.07, 6.45) is 9.33. The van der Waals surface area contributed by atoms with Crippen molar-refractivity contribution >= 4 is 28.7 Å². The van der Waals surface area contributed by atoms with Gasteiger partial charge in [-0.15, -0.1) is 0 Å². The van der Waals surface area contributed by atoms with E-state index in [4.69, 9.17) is 16.3 Å². The molecule has 0 aromatic heterocycles. The maximum absolute atomic E-state index is 14.9. The van der Waals surface area contributed by atoms with E-state index in [0.717, 1.165) is 17.8 Å². The Kier molecular flexibility index (Phi) is 5.47. The Balaban J connectivity index is 1.31. The van der Waals surface area contributed by atoms with E-state index in [2.05, 4.69) is 0 Å². The second kappa shape index (κ2) is 7.86. The molecule has 5 saturated carbocycles. The molecule has 1 N–H and O–H groups in total. The van der Waals surface area contributed by atoms with E-state index < -0.39 is 34.1 Å². The summed E-state index contributed by atoms with van der Waals surface area (Å²) in [6.45, 7) is 0.557. The Morgan fingerprint density at radius 1 is 1.20 bits per heavy atom. The average molecular weight is 455 g/mol. The van der Waals surface area contributed by atoms with Crippen molar-refractivity contribution in [1.29, 1.82) is 0 Å². The maximum atomic E-state index is 14.9. The first-order valence-corrected chi connectivity index (χ1v) is 12.7. The van der Waals surface area contributed by atoms with Gasteiger partial charge in [-0.2, -0.15) is 0 Å². The summed E-state index contributed by atoms with van der Waals surface area (Å²) in [6, 6.07) is 2.61. The molecule has 0 spiro atoms. The molecule has 30 heavy (non-hydrogen) atoms. The zero-order chi connectivity index (χ0) is 21.0. The third kappa shape index (κ3) is 3.73. The van der Waals surface area contributed by atoms with Gasteiger partial charge in [-0.05, 0) is 86.7 Å². The van der Waals surface area contributed by atoms with Crippen molar-refractivity contribution in [2.24, 2.45) is 29.1 Å². The molecule has 0 saturated heterocycles. The molecule has 5 aliphatic carbocycles. The second-order valence-corrected chi connectivity index (χ2v) is 12.2. The van der Waals surface area contributed by atoms with Crippen LogP contribution >= 0.6 is 11.6 Å². The highest BCUT2D eigenvalue weighted by Crippen LogP contribution is 2.60. The molecule has 0 radical (unpaired) electrons. The monoisotopic (exact) mass is 454 g/mol. The van der Waals surface area contributed by atoms with Crippen LogP contribution in [0.15, 0.2) is 17.0 Å². The highest BCUT2D eigenvalue weighted by Gasteiger charge is 2.51. The Morgan fingerprint density at radius 2 is 1.83 bits per heavy atom. The van der Waals surface area contributed by atoms with Crippen LogP contribution in [0.1, 0.15) is 57.8 Å². The molecule has 3 atom stereocenters. The van der Waals surface area contributed by atoms with Crippen molar-refractivity contribution < 1.29 is 23.6 Å². The Labute approximate surface area is 184 Å². The summed E-state index contributed by atoms with van der Waals surface area (Å²) in [7, 11) is 0. The van der Waals surface area contributed by atoms with Gasteiger partial charge in [0.05, 0.1) is 11.6 Å². The molecule has 6 rings (SSSR count). The van der Waals surface area contributed by atoms with Crippen molar-refractivity contribution in [2.75, 3.05) is 6.61 Å². The van der Waals surface area contributed by atoms with Gasteiger partial charge in [-0.1, -0.05) is 11.6 Å². The zero-order valence-corrected chi connectivity index (χ0v) is 18.5. The van der Waals surface area contributed by atoms with E-state index >= 15 is 0 Å². The molecule has 2 unspecified atom stereocenters. The van der Waals surface area contributed by atoms with E-state index in [9.17, 15) is 18.8 Å².